The molecule has 1 amide bonds. The number of carbonyl (C=O) groups is 1. The summed E-state index contributed by atoms with van der Waals surface area (Å²) in [7, 11) is 0. The number of thiol groups is 1. The Morgan fingerprint density at radius 2 is 1.60 bits per heavy atom. The summed E-state index contributed by atoms with van der Waals surface area (Å²) in [6.07, 6.45) is 7.11. The van der Waals surface area contributed by atoms with E-state index >= 15 is 0 Å². The van der Waals surface area contributed by atoms with E-state index in [2.05, 4.69) is 0 Å². The van der Waals surface area contributed by atoms with Crippen molar-refractivity contribution in [2.24, 2.45) is 29.4 Å². The van der Waals surface area contributed by atoms with Crippen LogP contribution in [0.1, 0.15) is 38.5 Å². The molecule has 0 radical (unpaired) electrons. The number of carbonyl (C=O) groups excluding carboxylic acids is 1. The van der Waals surface area contributed by atoms with E-state index in [0.717, 1.165) is 11.8 Å². The van der Waals surface area contributed by atoms with E-state index in [1.165, 1.54) is 32.1 Å². The molecule has 3 heteroatoms. The van der Waals surface area contributed by atoms with E-state index in [0.29, 0.717) is 18.3 Å². The fourth-order valence-electron chi connectivity index (χ4n) is 4.57. The Morgan fingerprint density at radius 1 is 1.13 bits per heavy atom. The summed E-state index contributed by atoms with van der Waals surface area (Å²) in [6, 6.07) is 0. The molecule has 4 fully saturated rings. The number of hydrogen-bond acceptors (Lipinski definition) is 2. The Kier molecular flexibility index (Phi) is 2.11. The van der Waals surface area contributed by atoms with Crippen molar-refractivity contribution < 1.29 is 4.79 Å². The molecule has 84 valence electrons. The Hall–Kier alpha value is -0.180. The zero-order chi connectivity index (χ0) is 10.6. The Bertz CT molecular complexity index is 274. The highest BCUT2D eigenvalue weighted by molar-refractivity contribution is 7.81. The van der Waals surface area contributed by atoms with E-state index in [-0.39, 0.29) is 10.7 Å². The van der Waals surface area contributed by atoms with Gasteiger partial charge in [-0.05, 0) is 55.8 Å². The summed E-state index contributed by atoms with van der Waals surface area (Å²) in [6.45, 7) is 0. The molecule has 2 nitrogen and oxygen atoms in total. The smallest absolute Gasteiger partial charge is 0.218 e. The van der Waals surface area contributed by atoms with Crippen molar-refractivity contribution in [2.45, 2.75) is 43.3 Å². The zero-order valence-electron chi connectivity index (χ0n) is 8.98. The van der Waals surface area contributed by atoms with Crippen molar-refractivity contribution in [2.75, 3.05) is 0 Å². The molecule has 0 aromatic heterocycles. The lowest BCUT2D eigenvalue weighted by molar-refractivity contribution is -0.121. The minimum absolute atomic E-state index is 0.0563. The molecule has 0 unspecified atom stereocenters. The van der Waals surface area contributed by atoms with E-state index in [4.69, 9.17) is 18.4 Å². The summed E-state index contributed by atoms with van der Waals surface area (Å²) in [4.78, 5) is 11.2. The first kappa shape index (κ1) is 10.0. The maximum atomic E-state index is 11.2. The van der Waals surface area contributed by atoms with Crippen LogP contribution in [0.15, 0.2) is 0 Å². The standard InChI is InChI=1S/C12H19NOS/c13-11(14)6-12(15)9-2-7-1-8(4-9)5-10(12)3-7/h7-10,15H,1-6H2,(H2,13,14). The summed E-state index contributed by atoms with van der Waals surface area (Å²) in [5, 5.41) is 0. The van der Waals surface area contributed by atoms with Crippen LogP contribution >= 0.6 is 12.6 Å². The lowest BCUT2D eigenvalue weighted by Gasteiger charge is -2.59. The first-order valence-electron chi connectivity index (χ1n) is 6.08. The SMILES string of the molecule is NC(=O)CC1(S)C2CC3CC(C2)CC1C3. The predicted molar refractivity (Wildman–Crippen MR) is 62.6 cm³/mol. The van der Waals surface area contributed by atoms with Crippen LogP contribution in [0.25, 0.3) is 0 Å². The van der Waals surface area contributed by atoms with Gasteiger partial charge in [0.1, 0.15) is 0 Å². The van der Waals surface area contributed by atoms with Crippen molar-refractivity contribution in [1.82, 2.24) is 0 Å². The molecule has 2 N–H and O–H groups in total. The van der Waals surface area contributed by atoms with Crippen LogP contribution in [0.3, 0.4) is 0 Å². The normalized spacial score (nSPS) is 52.1. The van der Waals surface area contributed by atoms with Crippen LogP contribution < -0.4 is 5.73 Å². The summed E-state index contributed by atoms with van der Waals surface area (Å²) in [5.74, 6) is 3.01. The topological polar surface area (TPSA) is 43.1 Å². The van der Waals surface area contributed by atoms with Crippen molar-refractivity contribution >= 4 is 18.5 Å². The first-order valence-corrected chi connectivity index (χ1v) is 6.53. The molecule has 4 aliphatic rings. The van der Waals surface area contributed by atoms with Crippen LogP contribution in [0, 0.1) is 23.7 Å². The van der Waals surface area contributed by atoms with Gasteiger partial charge in [-0.15, -0.1) is 0 Å². The van der Waals surface area contributed by atoms with Crippen molar-refractivity contribution in [1.29, 1.82) is 0 Å². The van der Waals surface area contributed by atoms with Gasteiger partial charge in [-0.3, -0.25) is 4.79 Å². The van der Waals surface area contributed by atoms with Crippen LogP contribution in [0.2, 0.25) is 0 Å². The van der Waals surface area contributed by atoms with E-state index in [9.17, 15) is 4.79 Å². The quantitative estimate of drug-likeness (QED) is 0.693. The zero-order valence-corrected chi connectivity index (χ0v) is 9.88. The molecule has 4 aliphatic carbocycles. The third kappa shape index (κ3) is 1.42. The summed E-state index contributed by atoms with van der Waals surface area (Å²) < 4.78 is -0.0563. The van der Waals surface area contributed by atoms with Gasteiger partial charge in [-0.2, -0.15) is 12.6 Å². The molecule has 0 heterocycles. The molecule has 0 spiro atoms. The van der Waals surface area contributed by atoms with Crippen LogP contribution in [0.5, 0.6) is 0 Å². The minimum atomic E-state index is -0.169. The Balaban J connectivity index is 1.87. The molecular weight excluding hydrogens is 206 g/mol. The molecular formula is C12H19NOS. The molecule has 15 heavy (non-hydrogen) atoms. The number of primary amides is 1. The van der Waals surface area contributed by atoms with E-state index in [1.807, 2.05) is 0 Å². The average Bonchev–Trinajstić information content (AvgIpc) is 2.12. The molecule has 0 aliphatic heterocycles. The van der Waals surface area contributed by atoms with E-state index in [1.54, 1.807) is 0 Å². The predicted octanol–water partition coefficient (Wildman–Crippen LogP) is 1.99. The van der Waals surface area contributed by atoms with Gasteiger partial charge >= 0.3 is 0 Å². The average molecular weight is 225 g/mol. The van der Waals surface area contributed by atoms with Gasteiger partial charge < -0.3 is 5.73 Å². The fraction of sp³-hybridized carbons (Fsp3) is 0.917. The van der Waals surface area contributed by atoms with Crippen LogP contribution in [-0.2, 0) is 4.79 Å². The number of amides is 1. The van der Waals surface area contributed by atoms with Crippen molar-refractivity contribution in [3.8, 4) is 0 Å². The molecule has 0 aromatic rings. The molecule has 4 rings (SSSR count). The van der Waals surface area contributed by atoms with Crippen LogP contribution in [0.4, 0.5) is 0 Å². The maximum Gasteiger partial charge on any atom is 0.218 e. The third-order valence-electron chi connectivity index (χ3n) is 5.01. The van der Waals surface area contributed by atoms with Gasteiger partial charge in [0.05, 0.1) is 0 Å². The second kappa shape index (κ2) is 3.16. The molecule has 0 saturated heterocycles. The molecule has 4 bridgehead atoms. The fourth-order valence-corrected chi connectivity index (χ4v) is 5.15. The van der Waals surface area contributed by atoms with Gasteiger partial charge in [0.2, 0.25) is 5.91 Å². The van der Waals surface area contributed by atoms with Gasteiger partial charge in [-0.1, -0.05) is 0 Å². The number of hydrogen-bond donors (Lipinski definition) is 2. The maximum absolute atomic E-state index is 11.2. The first-order chi connectivity index (χ1) is 7.08. The lowest BCUT2D eigenvalue weighted by Crippen LogP contribution is -2.55. The van der Waals surface area contributed by atoms with Gasteiger partial charge in [0.25, 0.3) is 0 Å². The van der Waals surface area contributed by atoms with E-state index < -0.39 is 0 Å². The van der Waals surface area contributed by atoms with Gasteiger partial charge in [0.15, 0.2) is 0 Å². The summed E-state index contributed by atoms with van der Waals surface area (Å²) in [5.41, 5.74) is 5.37. The van der Waals surface area contributed by atoms with Gasteiger partial charge in [0, 0.05) is 11.2 Å². The monoisotopic (exact) mass is 225 g/mol. The second-order valence-electron chi connectivity index (χ2n) is 5.94. The Labute approximate surface area is 96.4 Å². The van der Waals surface area contributed by atoms with Crippen LogP contribution in [-0.4, -0.2) is 10.7 Å². The number of rotatable bonds is 2. The third-order valence-corrected chi connectivity index (χ3v) is 5.90. The minimum Gasteiger partial charge on any atom is -0.370 e. The molecule has 4 saturated carbocycles. The van der Waals surface area contributed by atoms with Crippen molar-refractivity contribution in [3.05, 3.63) is 0 Å². The Morgan fingerprint density at radius 3 is 2.00 bits per heavy atom. The highest BCUT2D eigenvalue weighted by atomic mass is 32.1. The highest BCUT2D eigenvalue weighted by Gasteiger charge is 2.55. The number of nitrogens with two attached hydrogens (primary N) is 1. The second-order valence-corrected chi connectivity index (χ2v) is 6.77. The molecule has 0 aromatic carbocycles. The molecule has 0 atom stereocenters. The largest absolute Gasteiger partial charge is 0.370 e. The highest BCUT2D eigenvalue weighted by Crippen LogP contribution is 2.61. The van der Waals surface area contributed by atoms with Crippen molar-refractivity contribution in [3.63, 3.8) is 0 Å². The lowest BCUT2D eigenvalue weighted by atomic mass is 9.51. The van der Waals surface area contributed by atoms with Gasteiger partial charge in [-0.25, -0.2) is 0 Å². The summed E-state index contributed by atoms with van der Waals surface area (Å²) >= 11 is 4.87.